The molecule has 92 heavy (non-hydrogen) atoms. The summed E-state index contributed by atoms with van der Waals surface area (Å²) in [4.78, 5) is 47.3. The summed E-state index contributed by atoms with van der Waals surface area (Å²) in [5.74, 6) is -0.404. The van der Waals surface area contributed by atoms with Crippen molar-refractivity contribution >= 4 is 84.5 Å². The summed E-state index contributed by atoms with van der Waals surface area (Å²) in [6.07, 6.45) is 10.6. The van der Waals surface area contributed by atoms with Gasteiger partial charge in [-0.25, -0.2) is 19.9 Å². The lowest BCUT2D eigenvalue weighted by molar-refractivity contribution is 0.0911. The molecule has 0 saturated carbocycles. The van der Waals surface area contributed by atoms with Crippen molar-refractivity contribution in [2.24, 2.45) is 0 Å². The van der Waals surface area contributed by atoms with E-state index in [1.807, 2.05) is 187 Å². The van der Waals surface area contributed by atoms with Crippen LogP contribution in [0.3, 0.4) is 0 Å². The van der Waals surface area contributed by atoms with Gasteiger partial charge in [-0.1, -0.05) is 206 Å². The highest BCUT2D eigenvalue weighted by Crippen LogP contribution is 2.45. The van der Waals surface area contributed by atoms with Gasteiger partial charge < -0.3 is 29.8 Å². The van der Waals surface area contributed by atoms with E-state index in [9.17, 15) is 9.59 Å². The Morgan fingerprint density at radius 1 is 0.446 bits per heavy atom. The Morgan fingerprint density at radius 3 is 1.20 bits per heavy atom. The van der Waals surface area contributed by atoms with E-state index in [0.717, 1.165) is 60.8 Å². The highest BCUT2D eigenvalue weighted by Gasteiger charge is 2.43. The van der Waals surface area contributed by atoms with E-state index in [2.05, 4.69) is 129 Å². The molecule has 0 radical (unpaired) electrons. The van der Waals surface area contributed by atoms with Gasteiger partial charge in [0.25, 0.3) is 11.8 Å². The van der Waals surface area contributed by atoms with Crippen molar-refractivity contribution < 1.29 is 19.6 Å². The first kappa shape index (κ1) is 61.6. The second kappa shape index (κ2) is 25.7. The molecule has 0 aliphatic carbocycles. The quantitative estimate of drug-likeness (QED) is 0.0502. The number of fused-ring (bicyclic) bond motifs is 4. The Morgan fingerprint density at radius 2 is 0.804 bits per heavy atom. The molecule has 0 spiro atoms. The number of nitrogens with zero attached hydrogens (tertiary/aromatic N) is 8. The molecule has 0 atom stereocenters. The summed E-state index contributed by atoms with van der Waals surface area (Å²) in [7, 11) is -1.44. The van der Waals surface area contributed by atoms with Crippen LogP contribution in [-0.4, -0.2) is 89.5 Å². The highest BCUT2D eigenvalue weighted by molar-refractivity contribution is 9.10. The summed E-state index contributed by atoms with van der Waals surface area (Å²) in [5.41, 5.74) is 10.7. The van der Waals surface area contributed by atoms with Gasteiger partial charge in [0.1, 0.15) is 26.7 Å². The molecular weight excluding hydrogens is 1210 g/mol. The zero-order valence-electron chi connectivity index (χ0n) is 51.5. The lowest BCUT2D eigenvalue weighted by atomic mass is 9.76. The number of halogens is 1. The number of H-pyrrole nitrogens is 2. The van der Waals surface area contributed by atoms with E-state index in [1.165, 1.54) is 0 Å². The SMILES string of the molecule is CC(C)(C)NC(=O)c1cn(C(c2ccccc2)(c2ccccc2)c2ccccc2)c2ncc(-c3cccc4[nH]ncc34)nc12.CC(C)(C)NC(=O)c1cn(C(c2ccccc2)(c2ccccc2)c2ccccc2)c2ncc(Br)nc12.OB(O)c1cccc2[nH]ncc12. The predicted octanol–water partition coefficient (Wildman–Crippen LogP) is 13.1. The maximum Gasteiger partial charge on any atom is 0.489 e. The van der Waals surface area contributed by atoms with Gasteiger partial charge >= 0.3 is 7.12 Å². The first-order valence-electron chi connectivity index (χ1n) is 30.1. The molecule has 0 fully saturated rings. The van der Waals surface area contributed by atoms with Crippen molar-refractivity contribution in [1.82, 2.24) is 60.1 Å². The monoisotopic (exact) mass is 1280 g/mol. The van der Waals surface area contributed by atoms with Gasteiger partial charge in [0.2, 0.25) is 0 Å². The van der Waals surface area contributed by atoms with Crippen molar-refractivity contribution in [3.63, 3.8) is 0 Å². The highest BCUT2D eigenvalue weighted by atomic mass is 79.9. The lowest BCUT2D eigenvalue weighted by Gasteiger charge is -2.38. The van der Waals surface area contributed by atoms with Crippen LogP contribution in [0.4, 0.5) is 0 Å². The van der Waals surface area contributed by atoms with Gasteiger partial charge in [-0.2, -0.15) is 10.2 Å². The van der Waals surface area contributed by atoms with Crippen LogP contribution in [0.25, 0.3) is 55.4 Å². The first-order chi connectivity index (χ1) is 44.5. The van der Waals surface area contributed by atoms with Gasteiger partial charge in [0.05, 0.1) is 52.6 Å². The fourth-order valence-corrected chi connectivity index (χ4v) is 12.3. The van der Waals surface area contributed by atoms with Crippen molar-refractivity contribution in [3.8, 4) is 11.3 Å². The van der Waals surface area contributed by atoms with Crippen LogP contribution >= 0.6 is 15.9 Å². The minimum absolute atomic E-state index is 0.193. The number of benzene rings is 8. The fraction of sp³-hybridized carbons (Fsp3) is 0.135. The van der Waals surface area contributed by atoms with Gasteiger partial charge in [0.15, 0.2) is 11.3 Å². The molecule has 0 bridgehead atoms. The summed E-state index contributed by atoms with van der Waals surface area (Å²) in [5, 5.41) is 39.7. The van der Waals surface area contributed by atoms with Crippen LogP contribution in [0.2, 0.25) is 0 Å². The third-order valence-electron chi connectivity index (χ3n) is 15.9. The minimum atomic E-state index is -1.44. The van der Waals surface area contributed by atoms with Crippen LogP contribution in [0.1, 0.15) is 95.6 Å². The molecule has 6 aromatic heterocycles. The number of carbonyl (C=O) groups is 2. The molecule has 14 rings (SSSR count). The lowest BCUT2D eigenvalue weighted by Crippen LogP contribution is -2.40. The molecule has 18 heteroatoms. The molecule has 14 aromatic rings. The summed E-state index contributed by atoms with van der Waals surface area (Å²) < 4.78 is 4.79. The van der Waals surface area contributed by atoms with Crippen molar-refractivity contribution in [2.45, 2.75) is 63.7 Å². The zero-order chi connectivity index (χ0) is 64.2. The molecule has 0 saturated heterocycles. The summed E-state index contributed by atoms with van der Waals surface area (Å²) >= 11 is 3.46. The maximum absolute atomic E-state index is 14.0. The first-order valence-corrected chi connectivity index (χ1v) is 30.9. The summed E-state index contributed by atoms with van der Waals surface area (Å²) in [6.45, 7) is 11.8. The van der Waals surface area contributed by atoms with E-state index in [-0.39, 0.29) is 11.8 Å². The third kappa shape index (κ3) is 12.0. The smallest absolute Gasteiger partial charge is 0.423 e. The number of hydrogen-bond acceptors (Lipinski definition) is 10. The van der Waals surface area contributed by atoms with E-state index < -0.39 is 29.3 Å². The standard InChI is InChI=1S/C37H32N6O.C30H27BrN4O.C7H7BN2O2/c1-36(2,3)41-35(44)30-24-43(34-33(30)40-32(23-38-34)28-20-13-21-31-29(28)22-39-42-31)37(25-14-7-4-8-15-25,26-16-9-5-10-17-26)27-18-11-6-12-19-27;1-29(2,3)34-28(36)24-20-35(27-26(24)33-25(31)19-32-27)30(21-13-7-4-8-14-21,22-15-9-5-10-16-22)23-17-11-6-12-18-23;11-8(12)6-2-1-3-7-5(6)4-9-10-7/h4-24H,1-3H3,(H,39,42)(H,41,44);4-20H,1-3H3,(H,34,36);1-4,11-12H,(H,9,10). The van der Waals surface area contributed by atoms with Crippen LogP contribution in [0, 0.1) is 0 Å². The number of amides is 2. The molecule has 0 unspecified atom stereocenters. The van der Waals surface area contributed by atoms with E-state index in [1.54, 1.807) is 36.9 Å². The van der Waals surface area contributed by atoms with Crippen molar-refractivity contribution in [3.05, 3.63) is 305 Å². The largest absolute Gasteiger partial charge is 0.489 e. The van der Waals surface area contributed by atoms with Crippen molar-refractivity contribution in [1.29, 1.82) is 0 Å². The van der Waals surface area contributed by atoms with Gasteiger partial charge in [0, 0.05) is 39.8 Å². The Labute approximate surface area is 540 Å². The number of hydrogen-bond donors (Lipinski definition) is 6. The average Bonchev–Trinajstić information content (AvgIpc) is 1.46. The third-order valence-corrected chi connectivity index (χ3v) is 16.2. The molecule has 456 valence electrons. The van der Waals surface area contributed by atoms with Crippen molar-refractivity contribution in [2.75, 3.05) is 0 Å². The van der Waals surface area contributed by atoms with E-state index >= 15 is 0 Å². The normalized spacial score (nSPS) is 11.8. The Hall–Kier alpha value is -10.7. The maximum atomic E-state index is 14.0. The predicted molar refractivity (Wildman–Crippen MR) is 367 cm³/mol. The minimum Gasteiger partial charge on any atom is -0.423 e. The molecule has 0 aliphatic heterocycles. The number of aromatic amines is 2. The van der Waals surface area contributed by atoms with Crippen LogP contribution in [0.5, 0.6) is 0 Å². The Kier molecular flexibility index (Phi) is 17.2. The second-order valence-electron chi connectivity index (χ2n) is 24.3. The van der Waals surface area contributed by atoms with Crippen LogP contribution in [0.15, 0.2) is 260 Å². The van der Waals surface area contributed by atoms with E-state index in [4.69, 9.17) is 30.0 Å². The molecular formula is C74H66BBrN12O4. The molecule has 0 aliphatic rings. The number of aromatic nitrogens is 10. The zero-order valence-corrected chi connectivity index (χ0v) is 53.1. The topological polar surface area (TPSA) is 217 Å². The molecule has 6 heterocycles. The summed E-state index contributed by atoms with van der Waals surface area (Å²) in [6, 6.07) is 73.2. The van der Waals surface area contributed by atoms with Gasteiger partial charge in [-0.05, 0) is 108 Å². The van der Waals surface area contributed by atoms with Crippen LogP contribution in [-0.2, 0) is 11.1 Å². The fourth-order valence-electron chi connectivity index (χ4n) is 12.1. The number of rotatable bonds is 12. The van der Waals surface area contributed by atoms with Crippen LogP contribution < -0.4 is 16.1 Å². The Bertz CT molecular complexity index is 4680. The second-order valence-corrected chi connectivity index (χ2v) is 25.1. The molecule has 6 N–H and O–H groups in total. The van der Waals surface area contributed by atoms with Gasteiger partial charge in [-0.15, -0.1) is 0 Å². The molecule has 8 aromatic carbocycles. The number of carbonyl (C=O) groups excluding carboxylic acids is 2. The van der Waals surface area contributed by atoms with E-state index in [0.29, 0.717) is 49.2 Å². The molecule has 2 amide bonds. The molecule has 16 nitrogen and oxygen atoms in total. The number of nitrogens with one attached hydrogen (secondary N) is 4. The van der Waals surface area contributed by atoms with Gasteiger partial charge in [-0.3, -0.25) is 19.8 Å². The Balaban J connectivity index is 0.000000152. The average molecular weight is 1280 g/mol.